The summed E-state index contributed by atoms with van der Waals surface area (Å²) in [6.07, 6.45) is 5.91. The van der Waals surface area contributed by atoms with Crippen LogP contribution in [0.3, 0.4) is 0 Å². The van der Waals surface area contributed by atoms with E-state index in [9.17, 15) is 13.2 Å². The second kappa shape index (κ2) is 8.29. The van der Waals surface area contributed by atoms with E-state index < -0.39 is 21.6 Å². The molecule has 7 heteroatoms. The molecule has 0 atom stereocenters. The van der Waals surface area contributed by atoms with E-state index in [1.807, 2.05) is 0 Å². The lowest BCUT2D eigenvalue weighted by molar-refractivity contribution is -0.148. The normalized spacial score (nSPS) is 12.9. The maximum Gasteiger partial charge on any atom is 0.331 e. The highest BCUT2D eigenvalue weighted by Crippen LogP contribution is 2.13. The molecule has 0 saturated heterocycles. The van der Waals surface area contributed by atoms with Gasteiger partial charge in [0.15, 0.2) is 0 Å². The molecule has 0 fully saturated rings. The maximum atomic E-state index is 12.0. The number of carbonyl (C=O) groups excluding carboxylic acids is 1. The van der Waals surface area contributed by atoms with Gasteiger partial charge in [-0.3, -0.25) is 0 Å². The van der Waals surface area contributed by atoms with Crippen LogP contribution in [0.5, 0.6) is 0 Å². The molecule has 0 heterocycles. The molecule has 0 aliphatic carbocycles. The van der Waals surface area contributed by atoms with Crippen LogP contribution in [0.1, 0.15) is 20.8 Å². The molecule has 0 spiro atoms. The van der Waals surface area contributed by atoms with Gasteiger partial charge < -0.3 is 4.74 Å². The second-order valence-corrected chi connectivity index (χ2v) is 7.83. The summed E-state index contributed by atoms with van der Waals surface area (Å²) >= 11 is 5.72. The Morgan fingerprint density at radius 2 is 1.83 bits per heavy atom. The van der Waals surface area contributed by atoms with Gasteiger partial charge in [0.25, 0.3) is 0 Å². The lowest BCUT2D eigenvalue weighted by atomic mass is 10.2. The van der Waals surface area contributed by atoms with E-state index >= 15 is 0 Å². The predicted octanol–water partition coefficient (Wildman–Crippen LogP) is 3.07. The van der Waals surface area contributed by atoms with Crippen molar-refractivity contribution in [1.82, 2.24) is 4.72 Å². The molecule has 1 aromatic carbocycles. The van der Waals surface area contributed by atoms with Crippen LogP contribution in [0.2, 0.25) is 5.02 Å². The highest BCUT2D eigenvalue weighted by molar-refractivity contribution is 7.89. The minimum Gasteiger partial charge on any atom is -0.457 e. The van der Waals surface area contributed by atoms with Crippen molar-refractivity contribution in [3.05, 3.63) is 53.6 Å². The van der Waals surface area contributed by atoms with Gasteiger partial charge in [0.1, 0.15) is 5.60 Å². The molecular formula is C16H20ClNO4S. The fourth-order valence-electron chi connectivity index (χ4n) is 1.47. The van der Waals surface area contributed by atoms with Crippen molar-refractivity contribution in [1.29, 1.82) is 0 Å². The molecular weight excluding hydrogens is 338 g/mol. The van der Waals surface area contributed by atoms with Gasteiger partial charge in [-0.1, -0.05) is 29.8 Å². The summed E-state index contributed by atoms with van der Waals surface area (Å²) in [6, 6.07) is 5.87. The Hall–Kier alpha value is -1.63. The summed E-state index contributed by atoms with van der Waals surface area (Å²) in [5.41, 5.74) is -0.542. The Morgan fingerprint density at radius 3 is 2.39 bits per heavy atom. The number of rotatable bonds is 6. The molecule has 0 aliphatic rings. The first-order chi connectivity index (χ1) is 10.6. The molecule has 1 N–H and O–H groups in total. The van der Waals surface area contributed by atoms with Crippen LogP contribution in [-0.2, 0) is 19.6 Å². The van der Waals surface area contributed by atoms with E-state index in [2.05, 4.69) is 4.72 Å². The Morgan fingerprint density at radius 1 is 1.22 bits per heavy atom. The molecule has 126 valence electrons. The van der Waals surface area contributed by atoms with Gasteiger partial charge in [-0.25, -0.2) is 17.9 Å². The van der Waals surface area contributed by atoms with Gasteiger partial charge in [0, 0.05) is 17.6 Å². The SMILES string of the molecule is CC(C)(C)OC(=O)/C=C/C=C\CNS(=O)(=O)c1ccc(Cl)cc1. The lowest BCUT2D eigenvalue weighted by Gasteiger charge is -2.17. The van der Waals surface area contributed by atoms with E-state index in [1.165, 1.54) is 36.4 Å². The van der Waals surface area contributed by atoms with Crippen LogP contribution in [0, 0.1) is 0 Å². The van der Waals surface area contributed by atoms with Crippen molar-refractivity contribution >= 4 is 27.6 Å². The quantitative estimate of drug-likeness (QED) is 0.482. The smallest absolute Gasteiger partial charge is 0.331 e. The number of carbonyl (C=O) groups is 1. The largest absolute Gasteiger partial charge is 0.457 e. The Kier molecular flexibility index (Phi) is 7.00. The van der Waals surface area contributed by atoms with Crippen molar-refractivity contribution in [2.24, 2.45) is 0 Å². The van der Waals surface area contributed by atoms with Crippen LogP contribution in [0.25, 0.3) is 0 Å². The summed E-state index contributed by atoms with van der Waals surface area (Å²) in [4.78, 5) is 11.5. The molecule has 5 nitrogen and oxygen atoms in total. The molecule has 0 saturated carbocycles. The van der Waals surface area contributed by atoms with E-state index in [1.54, 1.807) is 32.9 Å². The third kappa shape index (κ3) is 7.97. The standard InChI is InChI=1S/C16H20ClNO4S/c1-16(2,3)22-15(19)7-5-4-6-12-18-23(20,21)14-10-8-13(17)9-11-14/h4-11,18H,12H2,1-3H3/b6-4-,7-5+. The summed E-state index contributed by atoms with van der Waals surface area (Å²) in [7, 11) is -3.58. The molecule has 23 heavy (non-hydrogen) atoms. The first kappa shape index (κ1) is 19.4. The molecule has 0 aromatic heterocycles. The fraction of sp³-hybridized carbons (Fsp3) is 0.312. The molecule has 0 amide bonds. The zero-order valence-corrected chi connectivity index (χ0v) is 14.8. The number of nitrogens with one attached hydrogen (secondary N) is 1. The average Bonchev–Trinajstić information content (AvgIpc) is 2.41. The number of allylic oxidation sites excluding steroid dienone is 2. The number of esters is 1. The van der Waals surface area contributed by atoms with Crippen molar-refractivity contribution in [2.75, 3.05) is 6.54 Å². The van der Waals surface area contributed by atoms with Gasteiger partial charge in [-0.05, 0) is 45.0 Å². The van der Waals surface area contributed by atoms with E-state index in [0.717, 1.165) is 0 Å². The first-order valence-corrected chi connectivity index (χ1v) is 8.78. The second-order valence-electron chi connectivity index (χ2n) is 5.63. The van der Waals surface area contributed by atoms with Gasteiger partial charge in [-0.2, -0.15) is 0 Å². The zero-order chi connectivity index (χ0) is 17.5. The van der Waals surface area contributed by atoms with Gasteiger partial charge in [0.05, 0.1) is 4.90 Å². The monoisotopic (exact) mass is 357 g/mol. The first-order valence-electron chi connectivity index (χ1n) is 6.91. The molecule has 0 aliphatic heterocycles. The fourth-order valence-corrected chi connectivity index (χ4v) is 2.57. The number of halogens is 1. The molecule has 0 unspecified atom stereocenters. The Balaban J connectivity index is 2.47. The third-order valence-corrected chi connectivity index (χ3v) is 4.09. The minimum atomic E-state index is -3.58. The number of sulfonamides is 1. The van der Waals surface area contributed by atoms with Crippen LogP contribution < -0.4 is 4.72 Å². The average molecular weight is 358 g/mol. The topological polar surface area (TPSA) is 72.5 Å². The lowest BCUT2D eigenvalue weighted by Crippen LogP contribution is -2.23. The highest BCUT2D eigenvalue weighted by atomic mass is 35.5. The Labute approximate surface area is 142 Å². The zero-order valence-electron chi connectivity index (χ0n) is 13.2. The third-order valence-electron chi connectivity index (χ3n) is 2.40. The highest BCUT2D eigenvalue weighted by Gasteiger charge is 2.13. The van der Waals surface area contributed by atoms with Crippen molar-refractivity contribution in [3.63, 3.8) is 0 Å². The predicted molar refractivity (Wildman–Crippen MR) is 90.8 cm³/mol. The number of hydrogen-bond donors (Lipinski definition) is 1. The van der Waals surface area contributed by atoms with Crippen LogP contribution in [0.4, 0.5) is 0 Å². The van der Waals surface area contributed by atoms with Crippen LogP contribution in [0.15, 0.2) is 53.5 Å². The van der Waals surface area contributed by atoms with Gasteiger partial charge >= 0.3 is 5.97 Å². The number of hydrogen-bond acceptors (Lipinski definition) is 4. The summed E-state index contributed by atoms with van der Waals surface area (Å²) < 4.78 is 31.4. The van der Waals surface area contributed by atoms with Crippen molar-refractivity contribution in [2.45, 2.75) is 31.3 Å². The van der Waals surface area contributed by atoms with Gasteiger partial charge in [0.2, 0.25) is 10.0 Å². The van der Waals surface area contributed by atoms with Crippen LogP contribution in [-0.4, -0.2) is 26.5 Å². The maximum absolute atomic E-state index is 12.0. The van der Waals surface area contributed by atoms with Crippen molar-refractivity contribution < 1.29 is 17.9 Å². The van der Waals surface area contributed by atoms with E-state index in [4.69, 9.17) is 16.3 Å². The Bertz CT molecular complexity index is 686. The van der Waals surface area contributed by atoms with E-state index in [-0.39, 0.29) is 11.4 Å². The summed E-state index contributed by atoms with van der Waals surface area (Å²) in [6.45, 7) is 5.43. The number of ether oxygens (including phenoxy) is 1. The van der Waals surface area contributed by atoms with E-state index in [0.29, 0.717) is 5.02 Å². The molecule has 1 rings (SSSR count). The minimum absolute atomic E-state index is 0.101. The molecule has 0 radical (unpaired) electrons. The number of benzene rings is 1. The van der Waals surface area contributed by atoms with Crippen molar-refractivity contribution in [3.8, 4) is 0 Å². The molecule has 1 aromatic rings. The molecule has 0 bridgehead atoms. The summed E-state index contributed by atoms with van der Waals surface area (Å²) in [5.74, 6) is -0.455. The van der Waals surface area contributed by atoms with Gasteiger partial charge in [-0.15, -0.1) is 0 Å². The summed E-state index contributed by atoms with van der Waals surface area (Å²) in [5, 5.41) is 0.469. The van der Waals surface area contributed by atoms with Crippen LogP contribution >= 0.6 is 11.6 Å².